The summed E-state index contributed by atoms with van der Waals surface area (Å²) in [4.78, 5) is 16.4. The van der Waals surface area contributed by atoms with Crippen molar-refractivity contribution in [2.75, 3.05) is 12.4 Å². The van der Waals surface area contributed by atoms with Crippen LogP contribution in [0.1, 0.15) is 0 Å². The second kappa shape index (κ2) is 5.31. The summed E-state index contributed by atoms with van der Waals surface area (Å²) in [5.74, 6) is 1.36. The van der Waals surface area contributed by atoms with E-state index in [0.717, 1.165) is 0 Å². The van der Waals surface area contributed by atoms with Crippen LogP contribution in [0, 0.1) is 0 Å². The van der Waals surface area contributed by atoms with Crippen molar-refractivity contribution >= 4 is 5.95 Å². The highest BCUT2D eigenvalue weighted by Gasteiger charge is 2.09. The molecule has 0 bridgehead atoms. The predicted octanol–water partition coefficient (Wildman–Crippen LogP) is 1.29. The fraction of sp³-hybridized carbons (Fsp3) is 0.0833. The third-order valence-electron chi connectivity index (χ3n) is 2.40. The number of hydrogen-bond donors (Lipinski definition) is 1. The minimum Gasteiger partial charge on any atom is -0.424 e. The van der Waals surface area contributed by atoms with Crippen LogP contribution >= 0.6 is 0 Å². The minimum atomic E-state index is 0.182. The van der Waals surface area contributed by atoms with Crippen molar-refractivity contribution in [1.29, 1.82) is 0 Å². The topological polar surface area (TPSA) is 90.6 Å². The van der Waals surface area contributed by atoms with Crippen LogP contribution in [0.4, 0.5) is 5.95 Å². The Kier molecular flexibility index (Phi) is 3.19. The molecule has 1 N–H and O–H groups in total. The number of hydrogen-bond acceptors (Lipinski definition) is 7. The molecule has 0 aliphatic carbocycles. The Hall–Kier alpha value is -3.03. The average molecular weight is 269 g/mol. The van der Waals surface area contributed by atoms with Crippen LogP contribution in [-0.2, 0) is 0 Å². The molecule has 100 valence electrons. The maximum atomic E-state index is 5.60. The van der Waals surface area contributed by atoms with E-state index in [1.54, 1.807) is 7.05 Å². The lowest BCUT2D eigenvalue weighted by atomic mass is 10.3. The zero-order chi connectivity index (χ0) is 13.8. The molecule has 0 spiro atoms. The average Bonchev–Trinajstić information content (AvgIpc) is 3.02. The van der Waals surface area contributed by atoms with Crippen LogP contribution in [0.25, 0.3) is 5.95 Å². The van der Waals surface area contributed by atoms with Gasteiger partial charge in [0.2, 0.25) is 5.95 Å². The molecule has 8 heteroatoms. The maximum Gasteiger partial charge on any atom is 0.328 e. The van der Waals surface area contributed by atoms with Crippen molar-refractivity contribution < 1.29 is 4.74 Å². The lowest BCUT2D eigenvalue weighted by Gasteiger charge is -2.07. The summed E-state index contributed by atoms with van der Waals surface area (Å²) in [7, 11) is 1.72. The summed E-state index contributed by atoms with van der Waals surface area (Å²) in [6.45, 7) is 0. The summed E-state index contributed by atoms with van der Waals surface area (Å²) in [5, 5.41) is 6.83. The fourth-order valence-electron chi connectivity index (χ4n) is 1.51. The lowest BCUT2D eigenvalue weighted by Crippen LogP contribution is -2.08. The number of nitrogens with zero attached hydrogens (tertiary/aromatic N) is 6. The van der Waals surface area contributed by atoms with Crippen molar-refractivity contribution in [3.05, 3.63) is 43.0 Å². The van der Waals surface area contributed by atoms with Gasteiger partial charge in [0.15, 0.2) is 0 Å². The number of benzene rings is 1. The largest absolute Gasteiger partial charge is 0.424 e. The second-order valence-electron chi connectivity index (χ2n) is 3.75. The molecule has 2 aromatic heterocycles. The van der Waals surface area contributed by atoms with Crippen LogP contribution in [0.3, 0.4) is 0 Å². The molecular formula is C12H11N7O. The molecule has 0 radical (unpaired) electrons. The molecule has 0 unspecified atom stereocenters. The van der Waals surface area contributed by atoms with Gasteiger partial charge in [0, 0.05) is 7.05 Å². The van der Waals surface area contributed by atoms with E-state index in [2.05, 4.69) is 30.4 Å². The predicted molar refractivity (Wildman–Crippen MR) is 70.8 cm³/mol. The number of anilines is 1. The molecule has 0 fully saturated rings. The van der Waals surface area contributed by atoms with Gasteiger partial charge < -0.3 is 10.1 Å². The Balaban J connectivity index is 1.96. The molecule has 0 atom stereocenters. The maximum absolute atomic E-state index is 5.60. The van der Waals surface area contributed by atoms with Crippen LogP contribution < -0.4 is 10.1 Å². The molecule has 3 aromatic rings. The van der Waals surface area contributed by atoms with E-state index in [9.17, 15) is 0 Å². The van der Waals surface area contributed by atoms with Crippen molar-refractivity contribution in [3.8, 4) is 17.7 Å². The van der Waals surface area contributed by atoms with Gasteiger partial charge >= 0.3 is 6.01 Å². The summed E-state index contributed by atoms with van der Waals surface area (Å²) >= 11 is 0. The first-order chi connectivity index (χ1) is 9.85. The van der Waals surface area contributed by atoms with Gasteiger partial charge in [0.1, 0.15) is 18.4 Å². The zero-order valence-corrected chi connectivity index (χ0v) is 10.6. The number of para-hydroxylation sites is 1. The highest BCUT2D eigenvalue weighted by atomic mass is 16.5. The standard InChI is InChI=1S/C12H11N7O/c1-13-10-16-11(19-8-14-7-15-19)18-12(17-10)20-9-5-3-2-4-6-9/h2-8H,1H3,(H,13,16,17,18). The van der Waals surface area contributed by atoms with Crippen LogP contribution in [-0.4, -0.2) is 36.8 Å². The van der Waals surface area contributed by atoms with E-state index in [1.807, 2.05) is 30.3 Å². The van der Waals surface area contributed by atoms with E-state index in [-0.39, 0.29) is 6.01 Å². The van der Waals surface area contributed by atoms with E-state index >= 15 is 0 Å². The van der Waals surface area contributed by atoms with Crippen LogP contribution in [0.2, 0.25) is 0 Å². The number of ether oxygens (including phenoxy) is 1. The van der Waals surface area contributed by atoms with Gasteiger partial charge in [-0.3, -0.25) is 0 Å². The molecule has 0 aliphatic heterocycles. The van der Waals surface area contributed by atoms with E-state index < -0.39 is 0 Å². The summed E-state index contributed by atoms with van der Waals surface area (Å²) in [5.41, 5.74) is 0. The van der Waals surface area contributed by atoms with Crippen molar-refractivity contribution in [3.63, 3.8) is 0 Å². The number of rotatable bonds is 4. The molecule has 0 saturated carbocycles. The molecule has 20 heavy (non-hydrogen) atoms. The van der Waals surface area contributed by atoms with Gasteiger partial charge in [-0.2, -0.15) is 24.7 Å². The Morgan fingerprint density at radius 2 is 1.95 bits per heavy atom. The van der Waals surface area contributed by atoms with Gasteiger partial charge in [0.05, 0.1) is 0 Å². The van der Waals surface area contributed by atoms with Crippen molar-refractivity contribution in [2.45, 2.75) is 0 Å². The first-order valence-electron chi connectivity index (χ1n) is 5.87. The fourth-order valence-corrected chi connectivity index (χ4v) is 1.51. The quantitative estimate of drug-likeness (QED) is 0.763. The van der Waals surface area contributed by atoms with Crippen LogP contribution in [0.15, 0.2) is 43.0 Å². The normalized spacial score (nSPS) is 10.2. The third-order valence-corrected chi connectivity index (χ3v) is 2.40. The van der Waals surface area contributed by atoms with Gasteiger partial charge in [-0.15, -0.1) is 0 Å². The lowest BCUT2D eigenvalue weighted by molar-refractivity contribution is 0.438. The molecule has 1 aromatic carbocycles. The SMILES string of the molecule is CNc1nc(Oc2ccccc2)nc(-n2cncn2)n1. The summed E-state index contributed by atoms with van der Waals surface area (Å²) in [6.07, 6.45) is 2.90. The monoisotopic (exact) mass is 269 g/mol. The Labute approximate surface area is 114 Å². The Bertz CT molecular complexity index is 684. The number of nitrogens with one attached hydrogen (secondary N) is 1. The Morgan fingerprint density at radius 1 is 1.10 bits per heavy atom. The smallest absolute Gasteiger partial charge is 0.328 e. The van der Waals surface area contributed by atoms with E-state index in [1.165, 1.54) is 17.3 Å². The van der Waals surface area contributed by atoms with E-state index in [4.69, 9.17) is 4.74 Å². The summed E-state index contributed by atoms with van der Waals surface area (Å²) in [6, 6.07) is 9.46. The molecule has 0 aliphatic rings. The molecule has 0 amide bonds. The zero-order valence-electron chi connectivity index (χ0n) is 10.6. The van der Waals surface area contributed by atoms with Gasteiger partial charge in [-0.05, 0) is 12.1 Å². The molecule has 0 saturated heterocycles. The third kappa shape index (κ3) is 2.53. The summed E-state index contributed by atoms with van der Waals surface area (Å²) < 4.78 is 7.03. The molecular weight excluding hydrogens is 258 g/mol. The van der Waals surface area contributed by atoms with Gasteiger partial charge in [-0.25, -0.2) is 4.98 Å². The number of aromatic nitrogens is 6. The van der Waals surface area contributed by atoms with Gasteiger partial charge in [-0.1, -0.05) is 18.2 Å². The Morgan fingerprint density at radius 3 is 2.65 bits per heavy atom. The molecule has 3 rings (SSSR count). The van der Waals surface area contributed by atoms with Crippen molar-refractivity contribution in [2.24, 2.45) is 0 Å². The highest BCUT2D eigenvalue weighted by molar-refractivity contribution is 5.31. The first kappa shape index (κ1) is 12.0. The first-order valence-corrected chi connectivity index (χ1v) is 5.87. The molecule has 8 nitrogen and oxygen atoms in total. The molecule has 2 heterocycles. The minimum absolute atomic E-state index is 0.182. The van der Waals surface area contributed by atoms with Gasteiger partial charge in [0.25, 0.3) is 5.95 Å². The van der Waals surface area contributed by atoms with Crippen molar-refractivity contribution in [1.82, 2.24) is 29.7 Å². The highest BCUT2D eigenvalue weighted by Crippen LogP contribution is 2.18. The van der Waals surface area contributed by atoms with E-state index in [0.29, 0.717) is 17.6 Å². The second-order valence-corrected chi connectivity index (χ2v) is 3.75. The van der Waals surface area contributed by atoms with Crippen LogP contribution in [0.5, 0.6) is 11.8 Å².